The molecule has 0 aliphatic heterocycles. The lowest BCUT2D eigenvalue weighted by Crippen LogP contribution is -2.30. The second-order valence-electron chi connectivity index (χ2n) is 4.74. The third-order valence-electron chi connectivity index (χ3n) is 3.45. The summed E-state index contributed by atoms with van der Waals surface area (Å²) in [5, 5.41) is 0. The predicted octanol–water partition coefficient (Wildman–Crippen LogP) is 1.95. The van der Waals surface area contributed by atoms with Gasteiger partial charge < -0.3 is 10.5 Å². The monoisotopic (exact) mass is 183 g/mol. The number of hydrogen-bond donors (Lipinski definition) is 1. The molecule has 2 nitrogen and oxygen atoms in total. The van der Waals surface area contributed by atoms with Crippen LogP contribution in [0.4, 0.5) is 0 Å². The van der Waals surface area contributed by atoms with Crippen molar-refractivity contribution in [1.82, 2.24) is 0 Å². The average Bonchev–Trinajstić information content (AvgIpc) is 2.48. The smallest absolute Gasteiger partial charge is 0.0925 e. The van der Waals surface area contributed by atoms with E-state index in [0.717, 1.165) is 0 Å². The van der Waals surface area contributed by atoms with Gasteiger partial charge in [-0.25, -0.2) is 0 Å². The minimum Gasteiger partial charge on any atom is -0.376 e. The Labute approximate surface area is 81.1 Å². The molecule has 0 bridgehead atoms. The maximum atomic E-state index is 5.77. The van der Waals surface area contributed by atoms with Crippen LogP contribution in [0.3, 0.4) is 0 Å². The zero-order valence-electron chi connectivity index (χ0n) is 9.35. The lowest BCUT2D eigenvalue weighted by molar-refractivity contribution is 0.0518. The van der Waals surface area contributed by atoms with Gasteiger partial charge in [-0.2, -0.15) is 0 Å². The average molecular weight is 183 g/mol. The SMILES string of the molecule is CO[C@@]1(CN)[C@@H](C=C(C)C)C1(C)C. The van der Waals surface area contributed by atoms with Gasteiger partial charge in [0, 0.05) is 25.0 Å². The predicted molar refractivity (Wildman–Crippen MR) is 55.5 cm³/mol. The molecule has 0 spiro atoms. The molecule has 0 aromatic heterocycles. The van der Waals surface area contributed by atoms with Gasteiger partial charge in [0.25, 0.3) is 0 Å². The molecule has 76 valence electrons. The van der Waals surface area contributed by atoms with Gasteiger partial charge in [-0.05, 0) is 13.8 Å². The van der Waals surface area contributed by atoms with Crippen molar-refractivity contribution in [3.8, 4) is 0 Å². The number of allylic oxidation sites excluding steroid dienone is 1. The molecule has 1 aliphatic rings. The molecular weight excluding hydrogens is 162 g/mol. The topological polar surface area (TPSA) is 35.2 Å². The standard InChI is InChI=1S/C11H21NO/c1-8(2)6-9-10(3,4)11(9,7-12)13-5/h6,9H,7,12H2,1-5H3/t9-,11-/m0/s1. The minimum atomic E-state index is -0.121. The van der Waals surface area contributed by atoms with Crippen molar-refractivity contribution in [2.75, 3.05) is 13.7 Å². The van der Waals surface area contributed by atoms with Crippen molar-refractivity contribution < 1.29 is 4.74 Å². The first-order valence-corrected chi connectivity index (χ1v) is 4.82. The maximum absolute atomic E-state index is 5.77. The third kappa shape index (κ3) is 1.32. The largest absolute Gasteiger partial charge is 0.376 e. The number of methoxy groups -OCH3 is 1. The van der Waals surface area contributed by atoms with E-state index in [9.17, 15) is 0 Å². The van der Waals surface area contributed by atoms with Crippen LogP contribution in [0.5, 0.6) is 0 Å². The summed E-state index contributed by atoms with van der Waals surface area (Å²) in [5.74, 6) is 0.472. The maximum Gasteiger partial charge on any atom is 0.0925 e. The third-order valence-corrected chi connectivity index (χ3v) is 3.45. The van der Waals surface area contributed by atoms with E-state index in [1.165, 1.54) is 5.57 Å². The number of rotatable bonds is 3. The van der Waals surface area contributed by atoms with E-state index in [4.69, 9.17) is 10.5 Å². The molecule has 0 aromatic carbocycles. The minimum absolute atomic E-state index is 0.121. The van der Waals surface area contributed by atoms with E-state index in [1.54, 1.807) is 7.11 Å². The number of nitrogens with two attached hydrogens (primary N) is 1. The van der Waals surface area contributed by atoms with Crippen LogP contribution in [0.1, 0.15) is 27.7 Å². The summed E-state index contributed by atoms with van der Waals surface area (Å²) in [6, 6.07) is 0. The summed E-state index contributed by atoms with van der Waals surface area (Å²) in [5.41, 5.74) is 7.17. The highest BCUT2D eigenvalue weighted by atomic mass is 16.5. The number of hydrogen-bond acceptors (Lipinski definition) is 2. The second kappa shape index (κ2) is 3.10. The number of ether oxygens (including phenoxy) is 1. The van der Waals surface area contributed by atoms with Gasteiger partial charge >= 0.3 is 0 Å². The quantitative estimate of drug-likeness (QED) is 0.679. The Bertz CT molecular complexity index is 222. The summed E-state index contributed by atoms with van der Waals surface area (Å²) in [6.45, 7) is 9.27. The fraction of sp³-hybridized carbons (Fsp3) is 0.818. The van der Waals surface area contributed by atoms with Crippen molar-refractivity contribution in [2.45, 2.75) is 33.3 Å². The molecule has 2 atom stereocenters. The zero-order chi connectivity index (χ0) is 10.3. The Morgan fingerprint density at radius 1 is 1.46 bits per heavy atom. The normalized spacial score (nSPS) is 35.7. The van der Waals surface area contributed by atoms with Crippen LogP contribution in [0, 0.1) is 11.3 Å². The fourth-order valence-electron chi connectivity index (χ4n) is 2.39. The molecule has 2 heteroatoms. The first-order chi connectivity index (χ1) is 5.92. The van der Waals surface area contributed by atoms with Crippen LogP contribution < -0.4 is 5.73 Å². The van der Waals surface area contributed by atoms with Crippen molar-refractivity contribution in [3.05, 3.63) is 11.6 Å². The molecule has 13 heavy (non-hydrogen) atoms. The molecule has 0 radical (unpaired) electrons. The molecule has 1 saturated carbocycles. The van der Waals surface area contributed by atoms with Crippen molar-refractivity contribution in [2.24, 2.45) is 17.1 Å². The Kier molecular flexibility index (Phi) is 2.56. The molecule has 0 heterocycles. The van der Waals surface area contributed by atoms with Gasteiger partial charge in [0.1, 0.15) is 0 Å². The van der Waals surface area contributed by atoms with Crippen LogP contribution in [-0.2, 0) is 4.74 Å². The van der Waals surface area contributed by atoms with Gasteiger partial charge in [0.2, 0.25) is 0 Å². The van der Waals surface area contributed by atoms with Gasteiger partial charge in [0.05, 0.1) is 5.60 Å². The van der Waals surface area contributed by atoms with Crippen LogP contribution in [0.2, 0.25) is 0 Å². The highest BCUT2D eigenvalue weighted by molar-refractivity contribution is 5.28. The molecule has 0 amide bonds. The van der Waals surface area contributed by atoms with Crippen LogP contribution >= 0.6 is 0 Å². The summed E-state index contributed by atoms with van der Waals surface area (Å²) in [6.07, 6.45) is 2.27. The van der Waals surface area contributed by atoms with Gasteiger partial charge in [-0.1, -0.05) is 25.5 Å². The molecule has 2 N–H and O–H groups in total. The first-order valence-electron chi connectivity index (χ1n) is 4.82. The fourth-order valence-corrected chi connectivity index (χ4v) is 2.39. The lowest BCUT2D eigenvalue weighted by atomic mass is 10.1. The molecule has 1 rings (SSSR count). The van der Waals surface area contributed by atoms with E-state index in [-0.39, 0.29) is 11.0 Å². The summed E-state index contributed by atoms with van der Waals surface area (Å²) < 4.78 is 5.56. The van der Waals surface area contributed by atoms with Crippen LogP contribution in [0.25, 0.3) is 0 Å². The molecule has 0 aromatic rings. The van der Waals surface area contributed by atoms with Crippen molar-refractivity contribution in [1.29, 1.82) is 0 Å². The van der Waals surface area contributed by atoms with E-state index in [0.29, 0.717) is 12.5 Å². The Balaban J connectivity index is 2.87. The van der Waals surface area contributed by atoms with Crippen LogP contribution in [0.15, 0.2) is 11.6 Å². The van der Waals surface area contributed by atoms with E-state index < -0.39 is 0 Å². The molecule has 0 unspecified atom stereocenters. The molecule has 1 fully saturated rings. The summed E-state index contributed by atoms with van der Waals surface area (Å²) >= 11 is 0. The zero-order valence-corrected chi connectivity index (χ0v) is 9.35. The van der Waals surface area contributed by atoms with E-state index in [2.05, 4.69) is 33.8 Å². The Morgan fingerprint density at radius 2 is 2.00 bits per heavy atom. The summed E-state index contributed by atoms with van der Waals surface area (Å²) in [4.78, 5) is 0. The van der Waals surface area contributed by atoms with Gasteiger partial charge in [-0.3, -0.25) is 0 Å². The Hall–Kier alpha value is -0.340. The van der Waals surface area contributed by atoms with Gasteiger partial charge in [0.15, 0.2) is 0 Å². The second-order valence-corrected chi connectivity index (χ2v) is 4.74. The highest BCUT2D eigenvalue weighted by Gasteiger charge is 2.70. The molecular formula is C11H21NO. The Morgan fingerprint density at radius 3 is 2.23 bits per heavy atom. The summed E-state index contributed by atoms with van der Waals surface area (Å²) in [7, 11) is 1.76. The van der Waals surface area contributed by atoms with Gasteiger partial charge in [-0.15, -0.1) is 0 Å². The van der Waals surface area contributed by atoms with Crippen molar-refractivity contribution >= 4 is 0 Å². The highest BCUT2D eigenvalue weighted by Crippen LogP contribution is 2.64. The van der Waals surface area contributed by atoms with Crippen molar-refractivity contribution in [3.63, 3.8) is 0 Å². The first kappa shape index (κ1) is 10.7. The molecule has 1 aliphatic carbocycles. The van der Waals surface area contributed by atoms with E-state index in [1.807, 2.05) is 0 Å². The van der Waals surface area contributed by atoms with Crippen LogP contribution in [-0.4, -0.2) is 19.3 Å². The molecule has 0 saturated heterocycles. The van der Waals surface area contributed by atoms with E-state index >= 15 is 0 Å². The lowest BCUT2D eigenvalue weighted by Gasteiger charge is -2.15.